The van der Waals surface area contributed by atoms with Crippen LogP contribution in [0.4, 0.5) is 10.5 Å². The fraction of sp³-hybridized carbons (Fsp3) is 0.379. The van der Waals surface area contributed by atoms with Gasteiger partial charge in [0.15, 0.2) is 11.5 Å². The van der Waals surface area contributed by atoms with Gasteiger partial charge in [0, 0.05) is 30.8 Å². The zero-order valence-electron chi connectivity index (χ0n) is 22.6. The van der Waals surface area contributed by atoms with E-state index in [4.69, 9.17) is 14.2 Å². The molecule has 0 unspecified atom stereocenters. The predicted octanol–water partition coefficient (Wildman–Crippen LogP) is 5.08. The number of rotatable bonds is 14. The Kier molecular flexibility index (Phi) is 11.4. The van der Waals surface area contributed by atoms with Crippen LogP contribution in [0, 0.1) is 0 Å². The smallest absolute Gasteiger partial charge is 0.322 e. The lowest BCUT2D eigenvalue weighted by Gasteiger charge is -2.28. The van der Waals surface area contributed by atoms with Gasteiger partial charge in [-0.25, -0.2) is 4.79 Å². The van der Waals surface area contributed by atoms with Crippen LogP contribution in [-0.2, 0) is 28.9 Å². The van der Waals surface area contributed by atoms with Crippen molar-refractivity contribution < 1.29 is 23.8 Å². The van der Waals surface area contributed by atoms with Gasteiger partial charge in [0.2, 0.25) is 5.91 Å². The highest BCUT2D eigenvalue weighted by molar-refractivity contribution is 7.09. The maximum Gasteiger partial charge on any atom is 0.322 e. The normalized spacial score (nSPS) is 10.6. The molecular formula is C29H37N3O5S. The molecule has 3 aromatic rings. The van der Waals surface area contributed by atoms with Crippen molar-refractivity contribution in [3.8, 4) is 11.5 Å². The van der Waals surface area contributed by atoms with Crippen LogP contribution >= 0.6 is 11.3 Å². The van der Waals surface area contributed by atoms with Gasteiger partial charge < -0.3 is 29.3 Å². The molecule has 204 valence electrons. The largest absolute Gasteiger partial charge is 0.493 e. The van der Waals surface area contributed by atoms with Crippen LogP contribution in [0.25, 0.3) is 0 Å². The molecule has 0 aliphatic rings. The number of carbonyl (C=O) groups excluding carboxylic acids is 2. The molecular weight excluding hydrogens is 502 g/mol. The maximum absolute atomic E-state index is 13.6. The minimum Gasteiger partial charge on any atom is -0.493 e. The number of benzene rings is 2. The van der Waals surface area contributed by atoms with E-state index in [0.717, 1.165) is 16.9 Å². The van der Waals surface area contributed by atoms with Gasteiger partial charge in [0.1, 0.15) is 6.54 Å². The Balaban J connectivity index is 1.72. The molecule has 0 saturated carbocycles. The lowest BCUT2D eigenvalue weighted by atomic mass is 10.1. The Bertz CT molecular complexity index is 1150. The Morgan fingerprint density at radius 3 is 2.26 bits per heavy atom. The molecule has 9 heteroatoms. The van der Waals surface area contributed by atoms with E-state index in [2.05, 4.69) is 12.2 Å². The van der Waals surface area contributed by atoms with Crippen LogP contribution in [0.1, 0.15) is 22.9 Å². The summed E-state index contributed by atoms with van der Waals surface area (Å²) < 4.78 is 16.0. The summed E-state index contributed by atoms with van der Waals surface area (Å²) in [5.41, 5.74) is 2.90. The molecule has 0 radical (unpaired) electrons. The topological polar surface area (TPSA) is 80.3 Å². The standard InChI is InChI=1S/C29H37N3O5S/c1-5-22-8-11-24(12-9-22)30-29(34)32(16-17-35-2)21-28(33)31(20-25-7-6-18-38-25)15-14-23-10-13-26(36-3)27(19-23)37-4/h6-13,18-19H,5,14-17,20-21H2,1-4H3,(H,30,34). The first-order valence-electron chi connectivity index (χ1n) is 12.6. The molecule has 1 N–H and O–H groups in total. The summed E-state index contributed by atoms with van der Waals surface area (Å²) in [5, 5.41) is 4.90. The van der Waals surface area contributed by atoms with E-state index in [1.807, 2.05) is 60.0 Å². The van der Waals surface area contributed by atoms with Crippen molar-refractivity contribution in [1.29, 1.82) is 0 Å². The Morgan fingerprint density at radius 1 is 0.895 bits per heavy atom. The first-order chi connectivity index (χ1) is 18.5. The van der Waals surface area contributed by atoms with Gasteiger partial charge in [0.05, 0.1) is 27.4 Å². The van der Waals surface area contributed by atoms with E-state index in [9.17, 15) is 9.59 Å². The second-order valence-electron chi connectivity index (χ2n) is 8.73. The molecule has 0 fully saturated rings. The van der Waals surface area contributed by atoms with Crippen LogP contribution in [0.3, 0.4) is 0 Å². The number of aryl methyl sites for hydroxylation is 1. The highest BCUT2D eigenvalue weighted by Crippen LogP contribution is 2.28. The zero-order valence-corrected chi connectivity index (χ0v) is 23.4. The zero-order chi connectivity index (χ0) is 27.3. The van der Waals surface area contributed by atoms with Crippen molar-refractivity contribution in [3.05, 3.63) is 76.0 Å². The van der Waals surface area contributed by atoms with Crippen LogP contribution in [0.15, 0.2) is 60.0 Å². The van der Waals surface area contributed by atoms with Gasteiger partial charge in [-0.15, -0.1) is 11.3 Å². The molecule has 0 aliphatic heterocycles. The first kappa shape index (κ1) is 29.0. The summed E-state index contributed by atoms with van der Waals surface area (Å²) in [6.45, 7) is 3.61. The number of ether oxygens (including phenoxy) is 3. The van der Waals surface area contributed by atoms with Crippen molar-refractivity contribution in [2.75, 3.05) is 52.9 Å². The van der Waals surface area contributed by atoms with Gasteiger partial charge >= 0.3 is 6.03 Å². The highest BCUT2D eigenvalue weighted by atomic mass is 32.1. The lowest BCUT2D eigenvalue weighted by molar-refractivity contribution is -0.132. The summed E-state index contributed by atoms with van der Waals surface area (Å²) in [7, 11) is 4.78. The van der Waals surface area contributed by atoms with Crippen molar-refractivity contribution in [2.24, 2.45) is 0 Å². The number of nitrogens with zero attached hydrogens (tertiary/aromatic N) is 2. The first-order valence-corrected chi connectivity index (χ1v) is 13.5. The third-order valence-corrected chi connectivity index (χ3v) is 7.05. The van der Waals surface area contributed by atoms with Crippen LogP contribution < -0.4 is 14.8 Å². The molecule has 2 aromatic carbocycles. The Morgan fingerprint density at radius 2 is 1.63 bits per heavy atom. The summed E-state index contributed by atoms with van der Waals surface area (Å²) in [4.78, 5) is 31.0. The van der Waals surface area contributed by atoms with Crippen molar-refractivity contribution >= 4 is 29.0 Å². The fourth-order valence-electron chi connectivity index (χ4n) is 3.93. The molecule has 0 aliphatic carbocycles. The average Bonchev–Trinajstić information content (AvgIpc) is 3.46. The molecule has 0 bridgehead atoms. The quantitative estimate of drug-likeness (QED) is 0.309. The second kappa shape index (κ2) is 15.0. The van der Waals surface area contributed by atoms with Crippen molar-refractivity contribution in [2.45, 2.75) is 26.3 Å². The Labute approximate surface area is 229 Å². The number of nitrogens with one attached hydrogen (secondary N) is 1. The average molecular weight is 540 g/mol. The van der Waals surface area contributed by atoms with E-state index < -0.39 is 0 Å². The molecule has 1 aromatic heterocycles. The van der Waals surface area contributed by atoms with E-state index in [0.29, 0.717) is 49.8 Å². The molecule has 3 amide bonds. The second-order valence-corrected chi connectivity index (χ2v) is 9.76. The third kappa shape index (κ3) is 8.49. The minimum atomic E-state index is -0.337. The lowest BCUT2D eigenvalue weighted by Crippen LogP contribution is -2.46. The summed E-state index contributed by atoms with van der Waals surface area (Å²) in [6.07, 6.45) is 1.55. The Hall–Kier alpha value is -3.56. The predicted molar refractivity (Wildman–Crippen MR) is 151 cm³/mol. The number of hydrogen-bond acceptors (Lipinski definition) is 6. The van der Waals surface area contributed by atoms with Gasteiger partial charge in [0.25, 0.3) is 0 Å². The molecule has 1 heterocycles. The molecule has 0 saturated heterocycles. The number of hydrogen-bond donors (Lipinski definition) is 1. The number of amides is 3. The van der Waals surface area contributed by atoms with Crippen molar-refractivity contribution in [1.82, 2.24) is 9.80 Å². The third-order valence-electron chi connectivity index (χ3n) is 6.19. The number of anilines is 1. The number of thiophene rings is 1. The highest BCUT2D eigenvalue weighted by Gasteiger charge is 2.22. The van der Waals surface area contributed by atoms with Gasteiger partial charge in [-0.3, -0.25) is 4.79 Å². The maximum atomic E-state index is 13.6. The molecule has 38 heavy (non-hydrogen) atoms. The fourth-order valence-corrected chi connectivity index (χ4v) is 4.65. The molecule has 8 nitrogen and oxygen atoms in total. The van der Waals surface area contributed by atoms with E-state index in [1.165, 1.54) is 10.5 Å². The molecule has 0 atom stereocenters. The van der Waals surface area contributed by atoms with E-state index in [1.54, 1.807) is 37.6 Å². The van der Waals surface area contributed by atoms with Gasteiger partial charge in [-0.05, 0) is 59.7 Å². The SMILES string of the molecule is CCc1ccc(NC(=O)N(CCOC)CC(=O)N(CCc2ccc(OC)c(OC)c2)Cc2cccs2)cc1. The van der Waals surface area contributed by atoms with E-state index in [-0.39, 0.29) is 18.5 Å². The summed E-state index contributed by atoms with van der Waals surface area (Å²) in [5.74, 6) is 1.17. The van der Waals surface area contributed by atoms with Crippen LogP contribution in [0.5, 0.6) is 11.5 Å². The molecule has 3 rings (SSSR count). The van der Waals surface area contributed by atoms with Crippen LogP contribution in [0.2, 0.25) is 0 Å². The monoisotopic (exact) mass is 539 g/mol. The van der Waals surface area contributed by atoms with Gasteiger partial charge in [-0.1, -0.05) is 31.2 Å². The van der Waals surface area contributed by atoms with Crippen LogP contribution in [-0.4, -0.2) is 69.3 Å². The van der Waals surface area contributed by atoms with Crippen molar-refractivity contribution in [3.63, 3.8) is 0 Å². The summed E-state index contributed by atoms with van der Waals surface area (Å²) >= 11 is 1.60. The summed E-state index contributed by atoms with van der Waals surface area (Å²) in [6, 6.07) is 17.1. The number of urea groups is 1. The molecule has 0 spiro atoms. The number of carbonyl (C=O) groups is 2. The number of methoxy groups -OCH3 is 3. The van der Waals surface area contributed by atoms with E-state index >= 15 is 0 Å². The van der Waals surface area contributed by atoms with Gasteiger partial charge in [-0.2, -0.15) is 0 Å². The minimum absolute atomic E-state index is 0.0560.